The summed E-state index contributed by atoms with van der Waals surface area (Å²) < 4.78 is 4.93. The number of aryl methyl sites for hydroxylation is 1. The van der Waals surface area contributed by atoms with Crippen LogP contribution in [0, 0.1) is 0 Å². The summed E-state index contributed by atoms with van der Waals surface area (Å²) in [7, 11) is 0. The predicted octanol–water partition coefficient (Wildman–Crippen LogP) is 1.87. The van der Waals surface area contributed by atoms with Crippen LogP contribution in [0.3, 0.4) is 0 Å². The Hall–Kier alpha value is -0.870. The Morgan fingerprint density at radius 2 is 2.57 bits per heavy atom. The van der Waals surface area contributed by atoms with Gasteiger partial charge in [-0.05, 0) is 31.4 Å². The van der Waals surface area contributed by atoms with Crippen molar-refractivity contribution in [2.75, 3.05) is 6.61 Å². The lowest BCUT2D eigenvalue weighted by Crippen LogP contribution is -2.06. The van der Waals surface area contributed by atoms with Gasteiger partial charge in [0.15, 0.2) is 0 Å². The molecule has 0 saturated carbocycles. The normalized spacial score (nSPS) is 19.4. The highest BCUT2D eigenvalue weighted by molar-refractivity contribution is 7.14. The van der Waals surface area contributed by atoms with Crippen LogP contribution < -0.4 is 5.73 Å². The van der Waals surface area contributed by atoms with Crippen LogP contribution in [-0.4, -0.2) is 12.6 Å². The van der Waals surface area contributed by atoms with Crippen LogP contribution in [0.5, 0.6) is 0 Å². The van der Waals surface area contributed by atoms with Crippen LogP contribution in [0.4, 0.5) is 0 Å². The van der Waals surface area contributed by atoms with Crippen molar-refractivity contribution < 1.29 is 9.53 Å². The van der Waals surface area contributed by atoms with E-state index >= 15 is 0 Å². The van der Waals surface area contributed by atoms with Gasteiger partial charge in [-0.2, -0.15) is 0 Å². The lowest BCUT2D eigenvalue weighted by Gasteiger charge is -2.00. The maximum atomic E-state index is 11.4. The molecular weight excluding hydrogens is 198 g/mol. The highest BCUT2D eigenvalue weighted by Gasteiger charge is 2.24. The summed E-state index contributed by atoms with van der Waals surface area (Å²) in [5, 5.41) is 0. The third kappa shape index (κ3) is 1.55. The summed E-state index contributed by atoms with van der Waals surface area (Å²) in [5.74, 6) is -0.223. The van der Waals surface area contributed by atoms with E-state index in [4.69, 9.17) is 10.5 Å². The molecule has 76 valence electrons. The molecule has 14 heavy (non-hydrogen) atoms. The third-order valence-electron chi connectivity index (χ3n) is 2.40. The quantitative estimate of drug-likeness (QED) is 0.760. The second-order valence-electron chi connectivity index (χ2n) is 3.35. The first kappa shape index (κ1) is 9.68. The third-order valence-corrected chi connectivity index (χ3v) is 3.59. The van der Waals surface area contributed by atoms with Crippen molar-refractivity contribution in [1.29, 1.82) is 0 Å². The lowest BCUT2D eigenvalue weighted by molar-refractivity contribution is 0.0532. The molecule has 1 aliphatic carbocycles. The van der Waals surface area contributed by atoms with Gasteiger partial charge >= 0.3 is 5.97 Å². The molecule has 0 fully saturated rings. The number of thiophene rings is 1. The zero-order valence-corrected chi connectivity index (χ0v) is 8.89. The fourth-order valence-corrected chi connectivity index (χ4v) is 2.84. The molecule has 3 nitrogen and oxygen atoms in total. The van der Waals surface area contributed by atoms with E-state index in [0.717, 1.165) is 18.4 Å². The van der Waals surface area contributed by atoms with Crippen molar-refractivity contribution in [2.24, 2.45) is 5.73 Å². The molecule has 0 saturated heterocycles. The van der Waals surface area contributed by atoms with Gasteiger partial charge < -0.3 is 10.5 Å². The Morgan fingerprint density at radius 3 is 3.21 bits per heavy atom. The summed E-state index contributed by atoms with van der Waals surface area (Å²) in [6, 6.07) is 2.00. The molecule has 0 aromatic carbocycles. The SMILES string of the molecule is CCOC(=O)c1cc2c(s1)CCC2N. The summed E-state index contributed by atoms with van der Waals surface area (Å²) >= 11 is 1.52. The highest BCUT2D eigenvalue weighted by atomic mass is 32.1. The molecule has 2 N–H and O–H groups in total. The van der Waals surface area contributed by atoms with Crippen LogP contribution in [0.2, 0.25) is 0 Å². The fourth-order valence-electron chi connectivity index (χ4n) is 1.70. The molecule has 0 aliphatic heterocycles. The predicted molar refractivity (Wildman–Crippen MR) is 55.5 cm³/mol. The van der Waals surface area contributed by atoms with Gasteiger partial charge in [-0.1, -0.05) is 0 Å². The standard InChI is InChI=1S/C10H13NO2S/c1-2-13-10(12)9-5-6-7(11)3-4-8(6)14-9/h5,7H,2-4,11H2,1H3. The number of fused-ring (bicyclic) bond motifs is 1. The van der Waals surface area contributed by atoms with Gasteiger partial charge in [-0.25, -0.2) is 4.79 Å². The van der Waals surface area contributed by atoms with Crippen molar-refractivity contribution in [2.45, 2.75) is 25.8 Å². The van der Waals surface area contributed by atoms with Crippen LogP contribution >= 0.6 is 11.3 Å². The Labute approximate surface area is 86.9 Å². The van der Waals surface area contributed by atoms with Crippen molar-refractivity contribution in [1.82, 2.24) is 0 Å². The zero-order chi connectivity index (χ0) is 10.1. The minimum atomic E-state index is -0.223. The Kier molecular flexibility index (Phi) is 2.56. The first-order valence-electron chi connectivity index (χ1n) is 4.77. The molecule has 1 aliphatic rings. The molecule has 4 heteroatoms. The van der Waals surface area contributed by atoms with Gasteiger partial charge in [0, 0.05) is 10.9 Å². The van der Waals surface area contributed by atoms with Gasteiger partial charge in [0.25, 0.3) is 0 Å². The van der Waals surface area contributed by atoms with Crippen molar-refractivity contribution in [3.63, 3.8) is 0 Å². The van der Waals surface area contributed by atoms with Gasteiger partial charge in [0.1, 0.15) is 4.88 Å². The Bertz CT molecular complexity index is 359. The van der Waals surface area contributed by atoms with Gasteiger partial charge in [-0.15, -0.1) is 11.3 Å². The zero-order valence-electron chi connectivity index (χ0n) is 8.08. The molecule has 1 unspecified atom stereocenters. The molecular formula is C10H13NO2S. The summed E-state index contributed by atoms with van der Waals surface area (Å²) in [5.41, 5.74) is 7.03. The average molecular weight is 211 g/mol. The summed E-state index contributed by atoms with van der Waals surface area (Å²) in [6.07, 6.45) is 2.00. The summed E-state index contributed by atoms with van der Waals surface area (Å²) in [4.78, 5) is 13.3. The molecule has 0 radical (unpaired) electrons. The van der Waals surface area contributed by atoms with Gasteiger partial charge in [0.05, 0.1) is 6.61 Å². The number of carbonyl (C=O) groups excluding carboxylic acids is 1. The van der Waals surface area contributed by atoms with E-state index in [1.54, 1.807) is 0 Å². The molecule has 1 heterocycles. The molecule has 1 aromatic heterocycles. The van der Waals surface area contributed by atoms with Gasteiger partial charge in [-0.3, -0.25) is 0 Å². The van der Waals surface area contributed by atoms with E-state index in [1.807, 2.05) is 13.0 Å². The topological polar surface area (TPSA) is 52.3 Å². The van der Waals surface area contributed by atoms with Crippen molar-refractivity contribution in [3.05, 3.63) is 21.4 Å². The smallest absolute Gasteiger partial charge is 0.348 e. The van der Waals surface area contributed by atoms with Crippen LogP contribution in [0.15, 0.2) is 6.07 Å². The number of rotatable bonds is 2. The molecule has 0 amide bonds. The monoisotopic (exact) mass is 211 g/mol. The fraction of sp³-hybridized carbons (Fsp3) is 0.500. The van der Waals surface area contributed by atoms with Crippen LogP contribution in [-0.2, 0) is 11.2 Å². The number of hydrogen-bond donors (Lipinski definition) is 1. The number of esters is 1. The van der Waals surface area contributed by atoms with E-state index in [9.17, 15) is 4.79 Å². The average Bonchev–Trinajstić information content (AvgIpc) is 2.69. The van der Waals surface area contributed by atoms with E-state index in [-0.39, 0.29) is 12.0 Å². The van der Waals surface area contributed by atoms with E-state index < -0.39 is 0 Å². The number of carbonyl (C=O) groups is 1. The van der Waals surface area contributed by atoms with Gasteiger partial charge in [0.2, 0.25) is 0 Å². The summed E-state index contributed by atoms with van der Waals surface area (Å²) in [6.45, 7) is 2.23. The highest BCUT2D eigenvalue weighted by Crippen LogP contribution is 2.36. The minimum Gasteiger partial charge on any atom is -0.462 e. The van der Waals surface area contributed by atoms with E-state index in [2.05, 4.69) is 0 Å². The van der Waals surface area contributed by atoms with E-state index in [0.29, 0.717) is 11.5 Å². The second kappa shape index (κ2) is 3.71. The largest absolute Gasteiger partial charge is 0.462 e. The van der Waals surface area contributed by atoms with Crippen LogP contribution in [0.1, 0.15) is 39.5 Å². The molecule has 2 rings (SSSR count). The molecule has 1 aromatic rings. The first-order chi connectivity index (χ1) is 6.72. The Morgan fingerprint density at radius 1 is 1.79 bits per heavy atom. The maximum Gasteiger partial charge on any atom is 0.348 e. The molecule has 0 spiro atoms. The van der Waals surface area contributed by atoms with Crippen LogP contribution in [0.25, 0.3) is 0 Å². The molecule has 1 atom stereocenters. The Balaban J connectivity index is 2.22. The second-order valence-corrected chi connectivity index (χ2v) is 4.49. The van der Waals surface area contributed by atoms with Crippen molar-refractivity contribution in [3.8, 4) is 0 Å². The lowest BCUT2D eigenvalue weighted by atomic mass is 10.2. The molecule has 0 bridgehead atoms. The first-order valence-corrected chi connectivity index (χ1v) is 5.59. The maximum absolute atomic E-state index is 11.4. The van der Waals surface area contributed by atoms with Crippen molar-refractivity contribution >= 4 is 17.3 Å². The number of hydrogen-bond acceptors (Lipinski definition) is 4. The minimum absolute atomic E-state index is 0.115. The van der Waals surface area contributed by atoms with E-state index in [1.165, 1.54) is 16.2 Å². The number of ether oxygens (including phenoxy) is 1. The number of nitrogens with two attached hydrogens (primary N) is 1.